The molecule has 3 aromatic rings. The maximum absolute atomic E-state index is 12.7. The number of nitrogens with one attached hydrogen (secondary N) is 1. The molecule has 2 heterocycles. The molecule has 1 saturated heterocycles. The van der Waals surface area contributed by atoms with Crippen molar-refractivity contribution in [1.29, 1.82) is 0 Å². The fourth-order valence-corrected chi connectivity index (χ4v) is 3.75. The van der Waals surface area contributed by atoms with E-state index in [1.807, 2.05) is 36.1 Å². The first kappa shape index (κ1) is 21.6. The molecule has 0 bridgehead atoms. The van der Waals surface area contributed by atoms with Gasteiger partial charge in [-0.05, 0) is 45.0 Å². The molecule has 166 valence electrons. The van der Waals surface area contributed by atoms with Crippen LogP contribution in [-0.2, 0) is 0 Å². The number of carbonyl (C=O) groups excluding carboxylic acids is 1. The number of urea groups is 1. The molecule has 0 radical (unpaired) electrons. The molecule has 7 nitrogen and oxygen atoms in total. The number of rotatable bonds is 4. The molecular formula is C25H29N5O2. The predicted molar refractivity (Wildman–Crippen MR) is 127 cm³/mol. The van der Waals surface area contributed by atoms with Crippen LogP contribution in [0.1, 0.15) is 16.8 Å². The van der Waals surface area contributed by atoms with Gasteiger partial charge >= 0.3 is 6.03 Å². The van der Waals surface area contributed by atoms with E-state index in [1.165, 1.54) is 5.56 Å². The molecule has 1 N–H and O–H groups in total. The van der Waals surface area contributed by atoms with E-state index in [-0.39, 0.29) is 6.03 Å². The number of hydrogen-bond donors (Lipinski definition) is 1. The van der Waals surface area contributed by atoms with Crippen molar-refractivity contribution in [2.45, 2.75) is 20.8 Å². The summed E-state index contributed by atoms with van der Waals surface area (Å²) >= 11 is 0. The Balaban J connectivity index is 1.44. The molecule has 4 rings (SSSR count). The monoisotopic (exact) mass is 431 g/mol. The van der Waals surface area contributed by atoms with Gasteiger partial charge in [0.05, 0.1) is 7.11 Å². The molecule has 1 aromatic heterocycles. The Morgan fingerprint density at radius 3 is 2.19 bits per heavy atom. The first-order valence-electron chi connectivity index (χ1n) is 10.8. The van der Waals surface area contributed by atoms with Gasteiger partial charge in [0.25, 0.3) is 0 Å². The summed E-state index contributed by atoms with van der Waals surface area (Å²) in [6.07, 6.45) is 0. The molecule has 0 spiro atoms. The van der Waals surface area contributed by atoms with Crippen molar-refractivity contribution >= 4 is 17.5 Å². The number of anilines is 2. The van der Waals surface area contributed by atoms with Gasteiger partial charge in [0.15, 0.2) is 5.82 Å². The van der Waals surface area contributed by atoms with Gasteiger partial charge in [0.1, 0.15) is 11.6 Å². The standard InChI is InChI=1S/C25H29N5O2/c1-17-5-7-20(8-6-17)23-26-19(3)18(2)24(28-23)29-13-15-30(16-14-29)25(31)27-21-9-11-22(32-4)12-10-21/h5-12H,13-16H2,1-4H3,(H,27,31). The summed E-state index contributed by atoms with van der Waals surface area (Å²) < 4.78 is 5.17. The van der Waals surface area contributed by atoms with Crippen LogP contribution in [0.2, 0.25) is 0 Å². The van der Waals surface area contributed by atoms with E-state index >= 15 is 0 Å². The lowest BCUT2D eigenvalue weighted by Crippen LogP contribution is -2.50. The van der Waals surface area contributed by atoms with Crippen LogP contribution >= 0.6 is 0 Å². The molecule has 0 unspecified atom stereocenters. The molecule has 7 heteroatoms. The maximum atomic E-state index is 12.7. The summed E-state index contributed by atoms with van der Waals surface area (Å²) in [4.78, 5) is 26.4. The van der Waals surface area contributed by atoms with Crippen LogP contribution in [0.5, 0.6) is 5.75 Å². The van der Waals surface area contributed by atoms with E-state index in [4.69, 9.17) is 14.7 Å². The largest absolute Gasteiger partial charge is 0.497 e. The summed E-state index contributed by atoms with van der Waals surface area (Å²) in [6, 6.07) is 15.5. The molecule has 1 aliphatic heterocycles. The minimum absolute atomic E-state index is 0.0919. The van der Waals surface area contributed by atoms with Gasteiger partial charge in [0.2, 0.25) is 0 Å². The molecule has 32 heavy (non-hydrogen) atoms. The number of nitrogens with zero attached hydrogens (tertiary/aromatic N) is 4. The topological polar surface area (TPSA) is 70.6 Å². The lowest BCUT2D eigenvalue weighted by Gasteiger charge is -2.36. The lowest BCUT2D eigenvalue weighted by atomic mass is 10.1. The number of amides is 2. The number of ether oxygens (including phenoxy) is 1. The Morgan fingerprint density at radius 2 is 1.56 bits per heavy atom. The Bertz CT molecular complexity index is 1090. The van der Waals surface area contributed by atoms with Crippen molar-refractivity contribution in [2.24, 2.45) is 0 Å². The number of hydrogen-bond acceptors (Lipinski definition) is 5. The number of piperazine rings is 1. The van der Waals surface area contributed by atoms with Crippen LogP contribution in [0.15, 0.2) is 48.5 Å². The van der Waals surface area contributed by atoms with Crippen LogP contribution in [0.3, 0.4) is 0 Å². The van der Waals surface area contributed by atoms with Crippen molar-refractivity contribution in [2.75, 3.05) is 43.5 Å². The van der Waals surface area contributed by atoms with Gasteiger partial charge < -0.3 is 19.9 Å². The van der Waals surface area contributed by atoms with Gasteiger partial charge in [0, 0.05) is 48.7 Å². The number of benzene rings is 2. The minimum atomic E-state index is -0.0919. The highest BCUT2D eigenvalue weighted by Crippen LogP contribution is 2.26. The molecule has 0 atom stereocenters. The Hall–Kier alpha value is -3.61. The predicted octanol–water partition coefficient (Wildman–Crippen LogP) is 4.43. The van der Waals surface area contributed by atoms with Crippen LogP contribution in [-0.4, -0.2) is 54.2 Å². The summed E-state index contributed by atoms with van der Waals surface area (Å²) in [6.45, 7) is 8.86. The average Bonchev–Trinajstić information content (AvgIpc) is 2.82. The second kappa shape index (κ2) is 9.26. The molecular weight excluding hydrogens is 402 g/mol. The van der Waals surface area contributed by atoms with Crippen LogP contribution < -0.4 is 15.0 Å². The van der Waals surface area contributed by atoms with Crippen molar-refractivity contribution in [3.05, 3.63) is 65.4 Å². The first-order chi connectivity index (χ1) is 15.4. The highest BCUT2D eigenvalue weighted by molar-refractivity contribution is 5.89. The van der Waals surface area contributed by atoms with E-state index in [0.29, 0.717) is 13.1 Å². The number of aryl methyl sites for hydroxylation is 2. The number of carbonyl (C=O) groups is 1. The van der Waals surface area contributed by atoms with E-state index in [2.05, 4.69) is 48.3 Å². The second-order valence-electron chi connectivity index (χ2n) is 8.08. The lowest BCUT2D eigenvalue weighted by molar-refractivity contribution is 0.208. The summed E-state index contributed by atoms with van der Waals surface area (Å²) in [5.41, 5.74) is 5.03. The number of aromatic nitrogens is 2. The van der Waals surface area contributed by atoms with Crippen molar-refractivity contribution < 1.29 is 9.53 Å². The van der Waals surface area contributed by atoms with Gasteiger partial charge in [-0.25, -0.2) is 14.8 Å². The summed E-state index contributed by atoms with van der Waals surface area (Å²) in [5.74, 6) is 2.45. The van der Waals surface area contributed by atoms with Crippen LogP contribution in [0.4, 0.5) is 16.3 Å². The fourth-order valence-electron chi connectivity index (χ4n) is 3.75. The smallest absolute Gasteiger partial charge is 0.321 e. The number of methoxy groups -OCH3 is 1. The summed E-state index contributed by atoms with van der Waals surface area (Å²) in [5, 5.41) is 2.96. The van der Waals surface area contributed by atoms with E-state index in [0.717, 1.165) is 53.0 Å². The zero-order chi connectivity index (χ0) is 22.7. The quantitative estimate of drug-likeness (QED) is 0.662. The van der Waals surface area contributed by atoms with E-state index in [1.54, 1.807) is 7.11 Å². The van der Waals surface area contributed by atoms with Crippen molar-refractivity contribution in [1.82, 2.24) is 14.9 Å². The van der Waals surface area contributed by atoms with Crippen LogP contribution in [0.25, 0.3) is 11.4 Å². The van der Waals surface area contributed by atoms with Gasteiger partial charge in [-0.1, -0.05) is 29.8 Å². The molecule has 2 amide bonds. The third-order valence-electron chi connectivity index (χ3n) is 5.88. The zero-order valence-electron chi connectivity index (χ0n) is 19.1. The Morgan fingerprint density at radius 1 is 0.906 bits per heavy atom. The van der Waals surface area contributed by atoms with Gasteiger partial charge in [-0.2, -0.15) is 0 Å². The third kappa shape index (κ3) is 4.66. The molecule has 2 aromatic carbocycles. The zero-order valence-corrected chi connectivity index (χ0v) is 19.1. The normalized spacial score (nSPS) is 13.8. The average molecular weight is 432 g/mol. The third-order valence-corrected chi connectivity index (χ3v) is 5.88. The van der Waals surface area contributed by atoms with Crippen molar-refractivity contribution in [3.63, 3.8) is 0 Å². The van der Waals surface area contributed by atoms with Gasteiger partial charge in [-0.3, -0.25) is 0 Å². The first-order valence-corrected chi connectivity index (χ1v) is 10.8. The molecule has 1 fully saturated rings. The highest BCUT2D eigenvalue weighted by Gasteiger charge is 2.24. The van der Waals surface area contributed by atoms with Crippen molar-refractivity contribution in [3.8, 4) is 17.1 Å². The summed E-state index contributed by atoms with van der Waals surface area (Å²) in [7, 11) is 1.62. The minimum Gasteiger partial charge on any atom is -0.497 e. The van der Waals surface area contributed by atoms with E-state index < -0.39 is 0 Å². The van der Waals surface area contributed by atoms with E-state index in [9.17, 15) is 4.79 Å². The molecule has 1 aliphatic rings. The van der Waals surface area contributed by atoms with Gasteiger partial charge in [-0.15, -0.1) is 0 Å². The van der Waals surface area contributed by atoms with Crippen LogP contribution in [0, 0.1) is 20.8 Å². The Labute approximate surface area is 189 Å². The Kier molecular flexibility index (Phi) is 6.25. The maximum Gasteiger partial charge on any atom is 0.321 e. The molecule has 0 aliphatic carbocycles. The molecule has 0 saturated carbocycles. The highest BCUT2D eigenvalue weighted by atomic mass is 16.5. The SMILES string of the molecule is COc1ccc(NC(=O)N2CCN(c3nc(-c4ccc(C)cc4)nc(C)c3C)CC2)cc1. The second-order valence-corrected chi connectivity index (χ2v) is 8.08. The fraction of sp³-hybridized carbons (Fsp3) is 0.320.